The fraction of sp³-hybridized carbons (Fsp3) is 0.200. The topological polar surface area (TPSA) is 50.1 Å². The quantitative estimate of drug-likeness (QED) is 0.762. The van der Waals surface area contributed by atoms with Gasteiger partial charge in [-0.1, -0.05) is 28.1 Å². The average molecular weight is 254 g/mol. The van der Waals surface area contributed by atoms with E-state index in [-0.39, 0.29) is 0 Å². The van der Waals surface area contributed by atoms with E-state index in [4.69, 9.17) is 10.00 Å². The predicted molar refractivity (Wildman–Crippen MR) is 54.3 cm³/mol. The molecule has 4 heteroatoms. The monoisotopic (exact) mass is 253 g/mol. The summed E-state index contributed by atoms with van der Waals surface area (Å²) >= 11 is 3.28. The summed E-state index contributed by atoms with van der Waals surface area (Å²) in [5, 5.41) is 8.76. The zero-order chi connectivity index (χ0) is 10.6. The summed E-state index contributed by atoms with van der Waals surface area (Å²) in [6.07, 6.45) is -0.819. The Morgan fingerprint density at radius 2 is 2.07 bits per heavy atom. The van der Waals surface area contributed by atoms with E-state index in [1.165, 1.54) is 6.92 Å². The zero-order valence-corrected chi connectivity index (χ0v) is 9.11. The van der Waals surface area contributed by atoms with Crippen molar-refractivity contribution in [3.63, 3.8) is 0 Å². The molecule has 1 rings (SSSR count). The van der Waals surface area contributed by atoms with Gasteiger partial charge in [0.05, 0.1) is 0 Å². The molecule has 1 atom stereocenters. The molecule has 0 amide bonds. The minimum Gasteiger partial charge on any atom is -0.442 e. The van der Waals surface area contributed by atoms with Gasteiger partial charge in [0.1, 0.15) is 6.07 Å². The molecule has 0 spiro atoms. The van der Waals surface area contributed by atoms with Gasteiger partial charge >= 0.3 is 5.97 Å². The van der Waals surface area contributed by atoms with Gasteiger partial charge in [0.25, 0.3) is 0 Å². The Hall–Kier alpha value is -1.34. The van der Waals surface area contributed by atoms with Crippen molar-refractivity contribution in [1.82, 2.24) is 0 Å². The van der Waals surface area contributed by atoms with Gasteiger partial charge in [-0.2, -0.15) is 5.26 Å². The predicted octanol–water partition coefficient (Wildman–Crippen LogP) is 2.58. The van der Waals surface area contributed by atoms with Crippen LogP contribution in [0.3, 0.4) is 0 Å². The molecule has 0 aromatic heterocycles. The maximum absolute atomic E-state index is 10.7. The van der Waals surface area contributed by atoms with E-state index in [1.807, 2.05) is 6.07 Å². The van der Waals surface area contributed by atoms with Crippen molar-refractivity contribution in [3.05, 3.63) is 34.3 Å². The summed E-state index contributed by atoms with van der Waals surface area (Å²) in [7, 11) is 0. The van der Waals surface area contributed by atoms with Gasteiger partial charge in [-0.25, -0.2) is 0 Å². The van der Waals surface area contributed by atoms with Crippen LogP contribution in [-0.2, 0) is 9.53 Å². The van der Waals surface area contributed by atoms with Gasteiger partial charge in [-0.3, -0.25) is 4.79 Å². The summed E-state index contributed by atoms with van der Waals surface area (Å²) in [4.78, 5) is 10.7. The van der Waals surface area contributed by atoms with Crippen molar-refractivity contribution in [1.29, 1.82) is 5.26 Å². The maximum atomic E-state index is 10.7. The van der Waals surface area contributed by atoms with Crippen LogP contribution in [0.4, 0.5) is 0 Å². The third-order valence-corrected chi connectivity index (χ3v) is 2.10. The molecule has 0 radical (unpaired) electrons. The Bertz CT molecular complexity index is 367. The van der Waals surface area contributed by atoms with E-state index in [2.05, 4.69) is 15.9 Å². The molecular formula is C10H8BrNO2. The maximum Gasteiger partial charge on any atom is 0.304 e. The number of nitrogens with zero attached hydrogens (tertiary/aromatic N) is 1. The van der Waals surface area contributed by atoms with Gasteiger partial charge in [0.15, 0.2) is 0 Å². The second-order valence-corrected chi connectivity index (χ2v) is 3.59. The Labute approximate surface area is 90.4 Å². The highest BCUT2D eigenvalue weighted by Gasteiger charge is 2.12. The first-order chi connectivity index (χ1) is 6.63. The lowest BCUT2D eigenvalue weighted by atomic mass is 10.1. The lowest BCUT2D eigenvalue weighted by Crippen LogP contribution is -2.06. The normalized spacial score (nSPS) is 11.5. The van der Waals surface area contributed by atoms with E-state index in [0.29, 0.717) is 5.56 Å². The van der Waals surface area contributed by atoms with Crippen LogP contribution in [-0.4, -0.2) is 5.97 Å². The standard InChI is InChI=1S/C10H8BrNO2/c1-7(13)14-10(6-12)8-2-4-9(11)5-3-8/h2-5,10H,1H3/t10-/m0/s1. The molecule has 0 saturated carbocycles. The highest BCUT2D eigenvalue weighted by Crippen LogP contribution is 2.19. The largest absolute Gasteiger partial charge is 0.442 e. The van der Waals surface area contributed by atoms with Crippen molar-refractivity contribution in [2.24, 2.45) is 0 Å². The van der Waals surface area contributed by atoms with Crippen molar-refractivity contribution in [2.75, 3.05) is 0 Å². The van der Waals surface area contributed by atoms with Crippen LogP contribution in [0, 0.1) is 11.3 Å². The summed E-state index contributed by atoms with van der Waals surface area (Å²) in [5.41, 5.74) is 0.672. The molecule has 0 saturated heterocycles. The van der Waals surface area contributed by atoms with Crippen molar-refractivity contribution >= 4 is 21.9 Å². The van der Waals surface area contributed by atoms with Gasteiger partial charge in [0, 0.05) is 17.0 Å². The highest BCUT2D eigenvalue weighted by molar-refractivity contribution is 9.10. The molecule has 0 N–H and O–H groups in total. The number of carbonyl (C=O) groups excluding carboxylic acids is 1. The zero-order valence-electron chi connectivity index (χ0n) is 7.53. The van der Waals surface area contributed by atoms with Crippen LogP contribution in [0.5, 0.6) is 0 Å². The van der Waals surface area contributed by atoms with E-state index >= 15 is 0 Å². The fourth-order valence-corrected chi connectivity index (χ4v) is 1.24. The molecular weight excluding hydrogens is 246 g/mol. The molecule has 14 heavy (non-hydrogen) atoms. The molecule has 1 aromatic carbocycles. The average Bonchev–Trinajstić information content (AvgIpc) is 2.15. The minimum atomic E-state index is -0.819. The third kappa shape index (κ3) is 2.86. The number of rotatable bonds is 2. The minimum absolute atomic E-state index is 0.459. The van der Waals surface area contributed by atoms with Crippen LogP contribution in [0.25, 0.3) is 0 Å². The highest BCUT2D eigenvalue weighted by atomic mass is 79.9. The van der Waals surface area contributed by atoms with Gasteiger partial charge in [-0.15, -0.1) is 0 Å². The summed E-state index contributed by atoms with van der Waals surface area (Å²) in [5.74, 6) is -0.459. The third-order valence-electron chi connectivity index (χ3n) is 1.57. The fourth-order valence-electron chi connectivity index (χ4n) is 0.972. The second-order valence-electron chi connectivity index (χ2n) is 2.67. The number of carbonyl (C=O) groups is 1. The van der Waals surface area contributed by atoms with E-state index in [1.54, 1.807) is 24.3 Å². The van der Waals surface area contributed by atoms with E-state index in [0.717, 1.165) is 4.47 Å². The SMILES string of the molecule is CC(=O)O[C@@H](C#N)c1ccc(Br)cc1. The number of ether oxygens (including phenoxy) is 1. The van der Waals surface area contributed by atoms with Crippen LogP contribution in [0.15, 0.2) is 28.7 Å². The second kappa shape index (κ2) is 4.77. The Kier molecular flexibility index (Phi) is 3.66. The van der Waals surface area contributed by atoms with Crippen molar-refractivity contribution < 1.29 is 9.53 Å². The smallest absolute Gasteiger partial charge is 0.304 e. The molecule has 0 unspecified atom stereocenters. The van der Waals surface area contributed by atoms with Crippen LogP contribution in [0.2, 0.25) is 0 Å². The number of esters is 1. The molecule has 0 aliphatic carbocycles. The van der Waals surface area contributed by atoms with E-state index in [9.17, 15) is 4.79 Å². The molecule has 0 aliphatic heterocycles. The lowest BCUT2D eigenvalue weighted by Gasteiger charge is -2.08. The molecule has 72 valence electrons. The van der Waals surface area contributed by atoms with Crippen LogP contribution >= 0.6 is 15.9 Å². The number of halogens is 1. The Morgan fingerprint density at radius 1 is 1.50 bits per heavy atom. The lowest BCUT2D eigenvalue weighted by molar-refractivity contribution is -0.144. The Morgan fingerprint density at radius 3 is 2.50 bits per heavy atom. The molecule has 0 fully saturated rings. The molecule has 0 heterocycles. The van der Waals surface area contributed by atoms with E-state index < -0.39 is 12.1 Å². The van der Waals surface area contributed by atoms with Crippen LogP contribution in [0.1, 0.15) is 18.6 Å². The Balaban J connectivity index is 2.85. The van der Waals surface area contributed by atoms with Crippen LogP contribution < -0.4 is 0 Å². The van der Waals surface area contributed by atoms with Gasteiger partial charge < -0.3 is 4.74 Å². The number of benzene rings is 1. The molecule has 0 bridgehead atoms. The number of hydrogen-bond acceptors (Lipinski definition) is 3. The first kappa shape index (κ1) is 10.7. The summed E-state index contributed by atoms with van der Waals surface area (Å²) < 4.78 is 5.73. The van der Waals surface area contributed by atoms with Crippen molar-refractivity contribution in [3.8, 4) is 6.07 Å². The summed E-state index contributed by atoms with van der Waals surface area (Å²) in [6.45, 7) is 1.28. The first-order valence-corrected chi connectivity index (χ1v) is 4.75. The number of nitriles is 1. The van der Waals surface area contributed by atoms with Crippen molar-refractivity contribution in [2.45, 2.75) is 13.0 Å². The summed E-state index contributed by atoms with van der Waals surface area (Å²) in [6, 6.07) is 8.97. The first-order valence-electron chi connectivity index (χ1n) is 3.96. The number of hydrogen-bond donors (Lipinski definition) is 0. The molecule has 1 aromatic rings. The molecule has 0 aliphatic rings. The molecule has 3 nitrogen and oxygen atoms in total. The van der Waals surface area contributed by atoms with Gasteiger partial charge in [0.2, 0.25) is 6.10 Å². The van der Waals surface area contributed by atoms with Gasteiger partial charge in [-0.05, 0) is 12.1 Å².